The van der Waals surface area contributed by atoms with Crippen LogP contribution in [0.3, 0.4) is 0 Å². The molecule has 0 aliphatic carbocycles. The number of carbonyl (C=O) groups excluding carboxylic acids is 1. The molecule has 4 rings (SSSR count). The van der Waals surface area contributed by atoms with Crippen molar-refractivity contribution in [2.75, 3.05) is 5.32 Å². The third-order valence-corrected chi connectivity index (χ3v) is 5.90. The van der Waals surface area contributed by atoms with Crippen molar-refractivity contribution in [3.05, 3.63) is 65.7 Å². The number of carbonyl (C=O) groups is 1. The fraction of sp³-hybridized carbons (Fsp3) is 0.227. The van der Waals surface area contributed by atoms with E-state index < -0.39 is 0 Å². The third-order valence-electron chi connectivity index (χ3n) is 4.85. The van der Waals surface area contributed by atoms with Gasteiger partial charge in [0.25, 0.3) is 0 Å². The minimum absolute atomic E-state index is 0.0533. The fourth-order valence-corrected chi connectivity index (χ4v) is 4.10. The molecule has 0 spiro atoms. The number of aryl methyl sites for hydroxylation is 2. The maximum atomic E-state index is 12.7. The molecule has 142 valence electrons. The molecule has 0 aliphatic rings. The summed E-state index contributed by atoms with van der Waals surface area (Å²) in [5.41, 5.74) is 5.06. The SMILES string of the molecule is CCc1ccc(NC(=O)C(C)Sc2nnc3cc(C)c4ccccc4n23)cc1. The van der Waals surface area contributed by atoms with Crippen LogP contribution in [-0.2, 0) is 11.2 Å². The van der Waals surface area contributed by atoms with Crippen molar-refractivity contribution in [1.29, 1.82) is 0 Å². The van der Waals surface area contributed by atoms with E-state index in [1.54, 1.807) is 0 Å². The molecule has 0 saturated heterocycles. The Morgan fingerprint density at radius 2 is 1.89 bits per heavy atom. The van der Waals surface area contributed by atoms with E-state index in [2.05, 4.69) is 41.5 Å². The highest BCUT2D eigenvalue weighted by Gasteiger charge is 2.19. The van der Waals surface area contributed by atoms with E-state index in [1.807, 2.05) is 53.8 Å². The van der Waals surface area contributed by atoms with Crippen LogP contribution >= 0.6 is 11.8 Å². The summed E-state index contributed by atoms with van der Waals surface area (Å²) in [5, 5.41) is 13.2. The van der Waals surface area contributed by atoms with Gasteiger partial charge in [0.15, 0.2) is 10.8 Å². The number of hydrogen-bond donors (Lipinski definition) is 1. The highest BCUT2D eigenvalue weighted by Crippen LogP contribution is 2.28. The molecule has 2 aromatic heterocycles. The van der Waals surface area contributed by atoms with Crippen LogP contribution in [0.25, 0.3) is 16.6 Å². The highest BCUT2D eigenvalue weighted by atomic mass is 32.2. The average Bonchev–Trinajstić information content (AvgIpc) is 3.11. The van der Waals surface area contributed by atoms with Crippen LogP contribution in [0.4, 0.5) is 5.69 Å². The van der Waals surface area contributed by atoms with Crippen LogP contribution in [0.1, 0.15) is 25.0 Å². The minimum Gasteiger partial charge on any atom is -0.325 e. The Balaban J connectivity index is 1.58. The molecule has 4 aromatic rings. The predicted octanol–water partition coefficient (Wildman–Crippen LogP) is 4.87. The lowest BCUT2D eigenvalue weighted by Gasteiger charge is -2.12. The number of nitrogens with one attached hydrogen (secondary N) is 1. The molecular weight excluding hydrogens is 368 g/mol. The number of benzene rings is 2. The molecule has 0 bridgehead atoms. The number of nitrogens with zero attached hydrogens (tertiary/aromatic N) is 3. The monoisotopic (exact) mass is 390 g/mol. The number of thioether (sulfide) groups is 1. The fourth-order valence-electron chi connectivity index (χ4n) is 3.23. The summed E-state index contributed by atoms with van der Waals surface area (Å²) in [7, 11) is 0. The first-order valence-corrected chi connectivity index (χ1v) is 10.2. The molecule has 2 heterocycles. The maximum Gasteiger partial charge on any atom is 0.237 e. The van der Waals surface area contributed by atoms with Crippen LogP contribution in [0.5, 0.6) is 0 Å². The number of anilines is 1. The van der Waals surface area contributed by atoms with Crippen molar-refractivity contribution in [3.63, 3.8) is 0 Å². The van der Waals surface area contributed by atoms with Gasteiger partial charge in [0.2, 0.25) is 5.91 Å². The van der Waals surface area contributed by atoms with Gasteiger partial charge < -0.3 is 5.32 Å². The van der Waals surface area contributed by atoms with Crippen LogP contribution in [0.15, 0.2) is 59.8 Å². The average molecular weight is 391 g/mol. The van der Waals surface area contributed by atoms with Gasteiger partial charge in [-0.25, -0.2) is 0 Å². The van der Waals surface area contributed by atoms with Crippen LogP contribution in [0.2, 0.25) is 0 Å². The molecule has 1 amide bonds. The molecule has 0 aliphatic heterocycles. The Bertz CT molecular complexity index is 1150. The second-order valence-corrected chi connectivity index (χ2v) is 8.13. The minimum atomic E-state index is -0.307. The Hall–Kier alpha value is -2.86. The van der Waals surface area contributed by atoms with Crippen molar-refractivity contribution in [3.8, 4) is 0 Å². The summed E-state index contributed by atoms with van der Waals surface area (Å²) in [6, 6.07) is 18.2. The third kappa shape index (κ3) is 3.47. The van der Waals surface area contributed by atoms with Crippen LogP contribution in [0, 0.1) is 6.92 Å². The molecule has 0 fully saturated rings. The number of amides is 1. The summed E-state index contributed by atoms with van der Waals surface area (Å²) in [6.07, 6.45) is 0.980. The van der Waals surface area contributed by atoms with E-state index in [0.29, 0.717) is 0 Å². The lowest BCUT2D eigenvalue weighted by atomic mass is 10.1. The number of aromatic nitrogens is 3. The first-order chi connectivity index (χ1) is 13.6. The number of pyridine rings is 1. The van der Waals surface area contributed by atoms with E-state index in [-0.39, 0.29) is 11.2 Å². The Morgan fingerprint density at radius 3 is 2.64 bits per heavy atom. The predicted molar refractivity (Wildman–Crippen MR) is 115 cm³/mol. The van der Waals surface area contributed by atoms with Crippen molar-refractivity contribution >= 4 is 39.9 Å². The highest BCUT2D eigenvalue weighted by molar-refractivity contribution is 8.00. The van der Waals surface area contributed by atoms with E-state index in [0.717, 1.165) is 39.4 Å². The van der Waals surface area contributed by atoms with Gasteiger partial charge in [-0.2, -0.15) is 0 Å². The Labute approximate surface area is 168 Å². The molecule has 0 radical (unpaired) electrons. The number of para-hydroxylation sites is 1. The molecular formula is C22H22N4OS. The van der Waals surface area contributed by atoms with Gasteiger partial charge in [-0.05, 0) is 55.7 Å². The molecule has 1 atom stereocenters. The van der Waals surface area contributed by atoms with E-state index in [1.165, 1.54) is 17.3 Å². The molecule has 28 heavy (non-hydrogen) atoms. The van der Waals surface area contributed by atoms with Crippen LogP contribution in [-0.4, -0.2) is 25.8 Å². The molecule has 1 unspecified atom stereocenters. The lowest BCUT2D eigenvalue weighted by Crippen LogP contribution is -2.22. The standard InChI is InChI=1S/C22H22N4OS/c1-4-16-9-11-17(12-10-16)23-21(27)15(3)28-22-25-24-20-13-14(2)18-7-5-6-8-19(18)26(20)22/h5-13,15H,4H2,1-3H3,(H,23,27). The van der Waals surface area contributed by atoms with Gasteiger partial charge in [-0.3, -0.25) is 9.20 Å². The van der Waals surface area contributed by atoms with E-state index in [4.69, 9.17) is 0 Å². The second kappa shape index (κ2) is 7.64. The van der Waals surface area contributed by atoms with Gasteiger partial charge in [0.05, 0.1) is 10.8 Å². The Kier molecular flexibility index (Phi) is 5.05. The summed E-state index contributed by atoms with van der Waals surface area (Å²) >= 11 is 1.41. The summed E-state index contributed by atoms with van der Waals surface area (Å²) in [6.45, 7) is 6.07. The molecule has 6 heteroatoms. The smallest absolute Gasteiger partial charge is 0.237 e. The van der Waals surface area contributed by atoms with Gasteiger partial charge in [0, 0.05) is 11.1 Å². The van der Waals surface area contributed by atoms with Crippen molar-refractivity contribution < 1.29 is 4.79 Å². The normalized spacial score (nSPS) is 12.4. The van der Waals surface area contributed by atoms with Gasteiger partial charge in [-0.15, -0.1) is 10.2 Å². The zero-order chi connectivity index (χ0) is 19.7. The first kappa shape index (κ1) is 18.5. The Morgan fingerprint density at radius 1 is 1.14 bits per heavy atom. The summed E-state index contributed by atoms with van der Waals surface area (Å²) in [4.78, 5) is 12.7. The lowest BCUT2D eigenvalue weighted by molar-refractivity contribution is -0.115. The molecule has 1 N–H and O–H groups in total. The first-order valence-electron chi connectivity index (χ1n) is 9.36. The van der Waals surface area contributed by atoms with E-state index >= 15 is 0 Å². The van der Waals surface area contributed by atoms with E-state index in [9.17, 15) is 4.79 Å². The topological polar surface area (TPSA) is 59.3 Å². The maximum absolute atomic E-state index is 12.7. The summed E-state index contributed by atoms with van der Waals surface area (Å²) < 4.78 is 2.02. The molecule has 2 aromatic carbocycles. The number of fused-ring (bicyclic) bond motifs is 3. The molecule has 5 nitrogen and oxygen atoms in total. The van der Waals surface area contributed by atoms with Gasteiger partial charge in [-0.1, -0.05) is 49.0 Å². The molecule has 0 saturated carbocycles. The largest absolute Gasteiger partial charge is 0.325 e. The van der Waals surface area contributed by atoms with Gasteiger partial charge >= 0.3 is 0 Å². The number of rotatable bonds is 5. The zero-order valence-corrected chi connectivity index (χ0v) is 17.0. The quantitative estimate of drug-likeness (QED) is 0.494. The van der Waals surface area contributed by atoms with Crippen LogP contribution < -0.4 is 5.32 Å². The van der Waals surface area contributed by atoms with Crippen molar-refractivity contribution in [2.24, 2.45) is 0 Å². The van der Waals surface area contributed by atoms with Crippen molar-refractivity contribution in [2.45, 2.75) is 37.6 Å². The van der Waals surface area contributed by atoms with Gasteiger partial charge in [0.1, 0.15) is 0 Å². The number of hydrogen-bond acceptors (Lipinski definition) is 4. The second-order valence-electron chi connectivity index (χ2n) is 6.82. The zero-order valence-electron chi connectivity index (χ0n) is 16.1. The summed E-state index contributed by atoms with van der Waals surface area (Å²) in [5.74, 6) is -0.0533. The van der Waals surface area contributed by atoms with Crippen molar-refractivity contribution in [1.82, 2.24) is 14.6 Å².